The van der Waals surface area contributed by atoms with Crippen LogP contribution in [0, 0.1) is 0 Å². The van der Waals surface area contributed by atoms with Crippen LogP contribution in [-0.4, -0.2) is 23.2 Å². The Morgan fingerprint density at radius 3 is 2.79 bits per heavy atom. The zero-order chi connectivity index (χ0) is 13.1. The lowest BCUT2D eigenvalue weighted by Crippen LogP contribution is -2.33. The molecule has 3 heteroatoms. The summed E-state index contributed by atoms with van der Waals surface area (Å²) in [4.78, 5) is 6.27. The van der Waals surface area contributed by atoms with Crippen molar-refractivity contribution in [3.63, 3.8) is 0 Å². The molecule has 0 saturated heterocycles. The lowest BCUT2D eigenvalue weighted by molar-refractivity contribution is 0.182. The molecular formula is C16H18N2O. The Bertz CT molecular complexity index is 541. The number of benzene rings is 1. The number of anilines is 1. The van der Waals surface area contributed by atoms with Crippen LogP contribution in [0.5, 0.6) is 0 Å². The van der Waals surface area contributed by atoms with Crippen molar-refractivity contribution < 1.29 is 5.11 Å². The number of aliphatic hydroxyl groups excluding tert-OH is 1. The molecule has 0 amide bonds. The molecule has 1 atom stereocenters. The van der Waals surface area contributed by atoms with Gasteiger partial charge >= 0.3 is 0 Å². The lowest BCUT2D eigenvalue weighted by Gasteiger charge is -2.32. The molecule has 0 fully saturated rings. The monoisotopic (exact) mass is 254 g/mol. The van der Waals surface area contributed by atoms with E-state index in [1.807, 2.05) is 12.1 Å². The molecule has 1 aromatic carbocycles. The first-order valence-corrected chi connectivity index (χ1v) is 6.75. The summed E-state index contributed by atoms with van der Waals surface area (Å²) in [6, 6.07) is 12.2. The fourth-order valence-electron chi connectivity index (χ4n) is 2.70. The van der Waals surface area contributed by atoms with E-state index in [0.717, 1.165) is 24.9 Å². The molecule has 2 aromatic rings. The fourth-order valence-corrected chi connectivity index (χ4v) is 2.70. The maximum absolute atomic E-state index is 10.3. The van der Waals surface area contributed by atoms with Crippen LogP contribution < -0.4 is 4.90 Å². The van der Waals surface area contributed by atoms with Crippen LogP contribution in [0.25, 0.3) is 0 Å². The van der Waals surface area contributed by atoms with E-state index in [1.165, 1.54) is 11.3 Å². The van der Waals surface area contributed by atoms with Gasteiger partial charge in [-0.3, -0.25) is 4.98 Å². The SMILES string of the molecule is OC(CN1CCCc2ccccc21)c1ccncc1. The number of hydrogen-bond donors (Lipinski definition) is 1. The van der Waals surface area contributed by atoms with E-state index in [4.69, 9.17) is 0 Å². The minimum atomic E-state index is -0.464. The van der Waals surface area contributed by atoms with Crippen LogP contribution in [0.4, 0.5) is 5.69 Å². The van der Waals surface area contributed by atoms with E-state index < -0.39 is 6.10 Å². The van der Waals surface area contributed by atoms with Gasteiger partial charge in [0.05, 0.1) is 6.10 Å². The van der Waals surface area contributed by atoms with Crippen molar-refractivity contribution in [3.8, 4) is 0 Å². The molecule has 0 aliphatic carbocycles. The average Bonchev–Trinajstić information content (AvgIpc) is 2.48. The quantitative estimate of drug-likeness (QED) is 0.914. The second-order valence-corrected chi connectivity index (χ2v) is 4.97. The number of rotatable bonds is 3. The highest BCUT2D eigenvalue weighted by Crippen LogP contribution is 2.28. The zero-order valence-corrected chi connectivity index (χ0v) is 10.9. The molecule has 1 unspecified atom stereocenters. The first kappa shape index (κ1) is 12.2. The molecule has 98 valence electrons. The summed E-state index contributed by atoms with van der Waals surface area (Å²) in [5, 5.41) is 10.3. The highest BCUT2D eigenvalue weighted by atomic mass is 16.3. The largest absolute Gasteiger partial charge is 0.387 e. The Hall–Kier alpha value is -1.87. The van der Waals surface area contributed by atoms with E-state index in [2.05, 4.69) is 34.1 Å². The molecule has 1 aliphatic rings. The van der Waals surface area contributed by atoms with Gasteiger partial charge in [0, 0.05) is 31.2 Å². The van der Waals surface area contributed by atoms with Gasteiger partial charge in [-0.25, -0.2) is 0 Å². The first-order chi connectivity index (χ1) is 9.34. The highest BCUT2D eigenvalue weighted by Gasteiger charge is 2.19. The third kappa shape index (κ3) is 2.61. The number of β-amino-alcohol motifs (C(OH)–C–C–N with tert-alkyl or cyclic N) is 1. The minimum Gasteiger partial charge on any atom is -0.387 e. The van der Waals surface area contributed by atoms with Gasteiger partial charge in [0.15, 0.2) is 0 Å². The van der Waals surface area contributed by atoms with Crippen LogP contribution in [0.2, 0.25) is 0 Å². The number of para-hydroxylation sites is 1. The van der Waals surface area contributed by atoms with Crippen molar-refractivity contribution in [2.24, 2.45) is 0 Å². The normalized spacial score (nSPS) is 15.9. The number of nitrogens with zero attached hydrogens (tertiary/aromatic N) is 2. The number of hydrogen-bond acceptors (Lipinski definition) is 3. The molecule has 2 heterocycles. The molecule has 0 spiro atoms. The van der Waals surface area contributed by atoms with Crippen LogP contribution in [0.3, 0.4) is 0 Å². The topological polar surface area (TPSA) is 36.4 Å². The molecule has 3 rings (SSSR count). The minimum absolute atomic E-state index is 0.464. The second kappa shape index (κ2) is 5.41. The van der Waals surface area contributed by atoms with Gasteiger partial charge in [0.1, 0.15) is 0 Å². The van der Waals surface area contributed by atoms with Gasteiger partial charge < -0.3 is 10.0 Å². The summed E-state index contributed by atoms with van der Waals surface area (Å²) in [5.74, 6) is 0. The number of aromatic nitrogens is 1. The predicted molar refractivity (Wildman–Crippen MR) is 76.2 cm³/mol. The molecule has 0 radical (unpaired) electrons. The highest BCUT2D eigenvalue weighted by molar-refractivity contribution is 5.55. The predicted octanol–water partition coefficient (Wildman–Crippen LogP) is 2.57. The summed E-state index contributed by atoms with van der Waals surface area (Å²) in [6.07, 6.45) is 5.28. The zero-order valence-electron chi connectivity index (χ0n) is 10.9. The number of fused-ring (bicyclic) bond motifs is 1. The Balaban J connectivity index is 1.78. The van der Waals surface area contributed by atoms with Gasteiger partial charge in [-0.05, 0) is 42.2 Å². The third-order valence-corrected chi connectivity index (χ3v) is 3.69. The van der Waals surface area contributed by atoms with Crippen LogP contribution in [-0.2, 0) is 6.42 Å². The third-order valence-electron chi connectivity index (χ3n) is 3.69. The number of aliphatic hydroxyl groups is 1. The number of pyridine rings is 1. The molecule has 0 bridgehead atoms. The lowest BCUT2D eigenvalue weighted by atomic mass is 10.0. The standard InChI is InChI=1S/C16H18N2O/c19-16(14-7-9-17-10-8-14)12-18-11-3-5-13-4-1-2-6-15(13)18/h1-2,4,6-10,16,19H,3,5,11-12H2. The van der Waals surface area contributed by atoms with E-state index in [9.17, 15) is 5.11 Å². The van der Waals surface area contributed by atoms with E-state index in [1.54, 1.807) is 12.4 Å². The van der Waals surface area contributed by atoms with Crippen molar-refractivity contribution >= 4 is 5.69 Å². The molecule has 1 aliphatic heterocycles. The maximum Gasteiger partial charge on any atom is 0.0965 e. The summed E-state index contributed by atoms with van der Waals surface area (Å²) in [7, 11) is 0. The summed E-state index contributed by atoms with van der Waals surface area (Å²) in [6.45, 7) is 1.65. The van der Waals surface area contributed by atoms with Gasteiger partial charge in [0.25, 0.3) is 0 Å². The Labute approximate surface area is 113 Å². The van der Waals surface area contributed by atoms with Crippen molar-refractivity contribution in [2.75, 3.05) is 18.0 Å². The Morgan fingerprint density at radius 2 is 1.95 bits per heavy atom. The maximum atomic E-state index is 10.3. The average molecular weight is 254 g/mol. The van der Waals surface area contributed by atoms with E-state index in [-0.39, 0.29) is 0 Å². The Morgan fingerprint density at radius 1 is 1.16 bits per heavy atom. The Kier molecular flexibility index (Phi) is 3.47. The summed E-state index contributed by atoms with van der Waals surface area (Å²) < 4.78 is 0. The van der Waals surface area contributed by atoms with Crippen molar-refractivity contribution in [2.45, 2.75) is 18.9 Å². The second-order valence-electron chi connectivity index (χ2n) is 4.97. The van der Waals surface area contributed by atoms with Gasteiger partial charge in [-0.1, -0.05) is 18.2 Å². The van der Waals surface area contributed by atoms with Crippen LogP contribution in [0.15, 0.2) is 48.8 Å². The van der Waals surface area contributed by atoms with Gasteiger partial charge in [-0.2, -0.15) is 0 Å². The van der Waals surface area contributed by atoms with Crippen molar-refractivity contribution in [1.29, 1.82) is 0 Å². The molecule has 19 heavy (non-hydrogen) atoms. The molecular weight excluding hydrogens is 236 g/mol. The molecule has 0 saturated carbocycles. The fraction of sp³-hybridized carbons (Fsp3) is 0.312. The van der Waals surface area contributed by atoms with E-state index in [0.29, 0.717) is 6.54 Å². The number of aryl methyl sites for hydroxylation is 1. The molecule has 1 aromatic heterocycles. The molecule has 3 nitrogen and oxygen atoms in total. The van der Waals surface area contributed by atoms with Crippen LogP contribution in [0.1, 0.15) is 23.7 Å². The van der Waals surface area contributed by atoms with Gasteiger partial charge in [-0.15, -0.1) is 0 Å². The van der Waals surface area contributed by atoms with Crippen molar-refractivity contribution in [1.82, 2.24) is 4.98 Å². The smallest absolute Gasteiger partial charge is 0.0965 e. The van der Waals surface area contributed by atoms with Crippen LogP contribution >= 0.6 is 0 Å². The molecule has 1 N–H and O–H groups in total. The van der Waals surface area contributed by atoms with Crippen molar-refractivity contribution in [3.05, 3.63) is 59.9 Å². The van der Waals surface area contributed by atoms with Gasteiger partial charge in [0.2, 0.25) is 0 Å². The first-order valence-electron chi connectivity index (χ1n) is 6.75. The van der Waals surface area contributed by atoms with E-state index >= 15 is 0 Å². The summed E-state index contributed by atoms with van der Waals surface area (Å²) >= 11 is 0. The summed E-state index contributed by atoms with van der Waals surface area (Å²) in [5.41, 5.74) is 3.58.